The molecule has 0 spiro atoms. The van der Waals surface area contributed by atoms with Crippen LogP contribution in [0.15, 0.2) is 146 Å². The topological polar surface area (TPSA) is 0 Å². The standard InChI is InChI=1S/2C10H7.2C6H5.Pb/c2*1-2-6-10-8-4-3-7-9(10)5-1;2*1-2-4-6-5-3-1;/h2*1-7H;2*1-5H;. The molecule has 0 fully saturated rings. The second kappa shape index (κ2) is 8.60. The van der Waals surface area contributed by atoms with Gasteiger partial charge in [0, 0.05) is 0 Å². The van der Waals surface area contributed by atoms with Gasteiger partial charge in [-0.15, -0.1) is 0 Å². The molecule has 0 aliphatic rings. The summed E-state index contributed by atoms with van der Waals surface area (Å²) in [5, 5.41) is 5.38. The van der Waals surface area contributed by atoms with E-state index in [4.69, 9.17) is 0 Å². The average molecular weight is 616 g/mol. The van der Waals surface area contributed by atoms with Gasteiger partial charge in [-0.1, -0.05) is 0 Å². The van der Waals surface area contributed by atoms with Crippen LogP contribution in [0.3, 0.4) is 0 Å². The van der Waals surface area contributed by atoms with Gasteiger partial charge in [0.1, 0.15) is 0 Å². The van der Waals surface area contributed by atoms with Gasteiger partial charge < -0.3 is 0 Å². The summed E-state index contributed by atoms with van der Waals surface area (Å²) in [5.41, 5.74) is 0. The van der Waals surface area contributed by atoms with E-state index < -0.39 is 21.2 Å². The number of rotatable bonds is 4. The molecule has 0 bridgehead atoms. The first-order chi connectivity index (χ1) is 16.4. The van der Waals surface area contributed by atoms with Gasteiger partial charge in [-0.25, -0.2) is 0 Å². The summed E-state index contributed by atoms with van der Waals surface area (Å²) in [6.45, 7) is 0. The maximum absolute atomic E-state index is 3.93. The molecule has 1 heteroatoms. The summed E-state index contributed by atoms with van der Waals surface area (Å²) >= 11 is -3.93. The van der Waals surface area contributed by atoms with Crippen molar-refractivity contribution in [3.8, 4) is 0 Å². The van der Waals surface area contributed by atoms with Crippen molar-refractivity contribution in [1.82, 2.24) is 0 Å². The van der Waals surface area contributed by atoms with Crippen molar-refractivity contribution >= 4 is 55.2 Å². The molecule has 0 atom stereocenters. The van der Waals surface area contributed by atoms with Crippen LogP contribution in [0, 0.1) is 0 Å². The van der Waals surface area contributed by atoms with E-state index in [1.165, 1.54) is 34.0 Å². The molecule has 6 aromatic rings. The predicted octanol–water partition coefficient (Wildman–Crippen LogP) is 5.37. The first kappa shape index (κ1) is 20.4. The van der Waals surface area contributed by atoms with Crippen molar-refractivity contribution in [1.29, 1.82) is 0 Å². The Morgan fingerprint density at radius 2 is 0.667 bits per heavy atom. The molecule has 0 unspecified atom stereocenters. The normalized spacial score (nSPS) is 11.6. The van der Waals surface area contributed by atoms with Crippen LogP contribution in [0.25, 0.3) is 21.5 Å². The number of hydrogen-bond donors (Lipinski definition) is 0. The van der Waals surface area contributed by atoms with E-state index >= 15 is 0 Å². The summed E-state index contributed by atoms with van der Waals surface area (Å²) in [6.07, 6.45) is 0. The summed E-state index contributed by atoms with van der Waals surface area (Å²) in [4.78, 5) is 0. The number of benzene rings is 6. The molecule has 0 aromatic heterocycles. The van der Waals surface area contributed by atoms with Crippen molar-refractivity contribution in [2.24, 2.45) is 0 Å². The first-order valence-electron chi connectivity index (χ1n) is 11.5. The molecule has 6 aromatic carbocycles. The predicted molar refractivity (Wildman–Crippen MR) is 145 cm³/mol. The molecular weight excluding hydrogens is 592 g/mol. The minimum atomic E-state index is -3.93. The van der Waals surface area contributed by atoms with E-state index in [0.717, 1.165) is 0 Å². The molecule has 0 aliphatic heterocycles. The third-order valence-electron chi connectivity index (χ3n) is 6.80. The second-order valence-corrected chi connectivity index (χ2v) is 23.0. The monoisotopic (exact) mass is 616 g/mol. The maximum atomic E-state index is 2.41. The van der Waals surface area contributed by atoms with Crippen molar-refractivity contribution in [2.45, 2.75) is 0 Å². The third kappa shape index (κ3) is 3.32. The minimum absolute atomic E-state index is 1.31. The van der Waals surface area contributed by atoms with Crippen LogP contribution in [0.4, 0.5) is 0 Å². The fraction of sp³-hybridized carbons (Fsp3) is 0. The Balaban J connectivity index is 1.87. The van der Waals surface area contributed by atoms with Gasteiger partial charge >= 0.3 is 201 Å². The van der Waals surface area contributed by atoms with Crippen molar-refractivity contribution in [3.63, 3.8) is 0 Å². The molecule has 0 saturated heterocycles. The van der Waals surface area contributed by atoms with Crippen molar-refractivity contribution < 1.29 is 0 Å². The average Bonchev–Trinajstić information content (AvgIpc) is 2.91. The Morgan fingerprint density at radius 1 is 0.303 bits per heavy atom. The van der Waals surface area contributed by atoms with Crippen LogP contribution in [0.1, 0.15) is 0 Å². The summed E-state index contributed by atoms with van der Waals surface area (Å²) in [5.74, 6) is 0. The Morgan fingerprint density at radius 3 is 1.12 bits per heavy atom. The zero-order chi connectivity index (χ0) is 22.1. The van der Waals surface area contributed by atoms with Crippen LogP contribution in [0.2, 0.25) is 0 Å². The van der Waals surface area contributed by atoms with Crippen LogP contribution < -0.4 is 12.5 Å². The van der Waals surface area contributed by atoms with Crippen LogP contribution in [0.5, 0.6) is 0 Å². The number of hydrogen-bond acceptors (Lipinski definition) is 0. The zero-order valence-corrected chi connectivity index (χ0v) is 22.2. The van der Waals surface area contributed by atoms with Crippen molar-refractivity contribution in [3.05, 3.63) is 146 Å². The van der Waals surface area contributed by atoms with Gasteiger partial charge in [0.2, 0.25) is 0 Å². The molecule has 0 amide bonds. The fourth-order valence-corrected chi connectivity index (χ4v) is 25.7. The molecule has 0 radical (unpaired) electrons. The molecule has 0 heterocycles. The van der Waals surface area contributed by atoms with E-state index in [-0.39, 0.29) is 0 Å². The quantitative estimate of drug-likeness (QED) is 0.234. The molecule has 0 saturated carbocycles. The molecule has 156 valence electrons. The summed E-state index contributed by atoms with van der Waals surface area (Å²) in [6, 6.07) is 54.2. The van der Waals surface area contributed by atoms with E-state index in [1.807, 2.05) is 0 Å². The second-order valence-electron chi connectivity index (χ2n) is 8.54. The number of fused-ring (bicyclic) bond motifs is 2. The Labute approximate surface area is 199 Å². The molecule has 6 rings (SSSR count). The van der Waals surface area contributed by atoms with Gasteiger partial charge in [0.15, 0.2) is 0 Å². The fourth-order valence-electron chi connectivity index (χ4n) is 5.41. The van der Waals surface area contributed by atoms with Crippen LogP contribution >= 0.6 is 0 Å². The van der Waals surface area contributed by atoms with Gasteiger partial charge in [-0.05, 0) is 0 Å². The molecule has 0 aliphatic carbocycles. The Bertz CT molecular complexity index is 1420. The van der Waals surface area contributed by atoms with Crippen LogP contribution in [-0.4, -0.2) is 21.2 Å². The van der Waals surface area contributed by atoms with Crippen LogP contribution in [-0.2, 0) is 0 Å². The van der Waals surface area contributed by atoms with E-state index in [9.17, 15) is 0 Å². The molecule has 33 heavy (non-hydrogen) atoms. The Kier molecular flexibility index (Phi) is 5.31. The van der Waals surface area contributed by atoms with Gasteiger partial charge in [0.05, 0.1) is 0 Å². The van der Waals surface area contributed by atoms with Gasteiger partial charge in [-0.3, -0.25) is 0 Å². The van der Waals surface area contributed by atoms with Crippen molar-refractivity contribution in [2.75, 3.05) is 0 Å². The SMILES string of the molecule is c1cc[c]([Pb]([c]2ccccc2)([c]2cccc3ccccc23)[c]2cccc3ccccc23)cc1. The van der Waals surface area contributed by atoms with E-state index in [1.54, 1.807) is 0 Å². The molecular formula is C32H24Pb. The molecule has 0 nitrogen and oxygen atoms in total. The summed E-state index contributed by atoms with van der Waals surface area (Å²) in [7, 11) is 0. The van der Waals surface area contributed by atoms with E-state index in [0.29, 0.717) is 0 Å². The first-order valence-corrected chi connectivity index (χ1v) is 19.2. The van der Waals surface area contributed by atoms with E-state index in [2.05, 4.69) is 146 Å². The third-order valence-corrected chi connectivity index (χ3v) is 25.8. The molecule has 0 N–H and O–H groups in total. The van der Waals surface area contributed by atoms with Gasteiger partial charge in [0.25, 0.3) is 0 Å². The summed E-state index contributed by atoms with van der Waals surface area (Å²) < 4.78 is 6.02. The Hall–Kier alpha value is -3.24. The zero-order valence-electron chi connectivity index (χ0n) is 18.4. The van der Waals surface area contributed by atoms with Gasteiger partial charge in [-0.2, -0.15) is 0 Å².